The number of aryl methyl sites for hydroxylation is 1. The van der Waals surface area contributed by atoms with E-state index in [9.17, 15) is 9.59 Å². The van der Waals surface area contributed by atoms with Crippen molar-refractivity contribution in [3.8, 4) is 0 Å². The second-order valence-electron chi connectivity index (χ2n) is 4.19. The minimum absolute atomic E-state index is 0.186. The van der Waals surface area contributed by atoms with Crippen molar-refractivity contribution >= 4 is 0 Å². The van der Waals surface area contributed by atoms with Crippen LogP contribution in [0.25, 0.3) is 0 Å². The zero-order chi connectivity index (χ0) is 12.6. The maximum absolute atomic E-state index is 11.6. The summed E-state index contributed by atoms with van der Waals surface area (Å²) < 4.78 is 6.75. The maximum Gasteiger partial charge on any atom is 0.330 e. The third kappa shape index (κ3) is 2.17. The van der Waals surface area contributed by atoms with E-state index in [0.29, 0.717) is 12.0 Å². The van der Waals surface area contributed by atoms with Gasteiger partial charge in [-0.15, -0.1) is 0 Å². The molecule has 7 heteroatoms. The predicted molar refractivity (Wildman–Crippen MR) is 59.6 cm³/mol. The van der Waals surface area contributed by atoms with E-state index in [2.05, 4.69) is 4.98 Å². The first-order valence-electron chi connectivity index (χ1n) is 5.37. The number of nitrogens with two attached hydrogens (primary N) is 1. The molecule has 4 N–H and O–H groups in total. The van der Waals surface area contributed by atoms with Crippen LogP contribution in [0.2, 0.25) is 0 Å². The van der Waals surface area contributed by atoms with Gasteiger partial charge in [0.15, 0.2) is 0 Å². The Morgan fingerprint density at radius 1 is 1.65 bits per heavy atom. The first-order valence-corrected chi connectivity index (χ1v) is 5.37. The van der Waals surface area contributed by atoms with Gasteiger partial charge in [0, 0.05) is 24.2 Å². The topological polar surface area (TPSA) is 110 Å². The maximum atomic E-state index is 11.6. The third-order valence-electron chi connectivity index (χ3n) is 2.92. The van der Waals surface area contributed by atoms with Crippen molar-refractivity contribution in [3.63, 3.8) is 0 Å². The summed E-state index contributed by atoms with van der Waals surface area (Å²) in [5.74, 6) is 0. The molecule has 0 aromatic carbocycles. The molecule has 1 aromatic heterocycles. The molecular formula is C10H15N3O4. The number of aromatic nitrogens is 2. The number of hydrogen-bond acceptors (Lipinski definition) is 5. The van der Waals surface area contributed by atoms with Gasteiger partial charge in [0.25, 0.3) is 5.56 Å². The predicted octanol–water partition coefficient (Wildman–Crippen LogP) is -1.55. The lowest BCUT2D eigenvalue weighted by Crippen LogP contribution is -2.33. The number of ether oxygens (including phenoxy) is 1. The largest absolute Gasteiger partial charge is 0.394 e. The van der Waals surface area contributed by atoms with E-state index in [0.717, 1.165) is 0 Å². The van der Waals surface area contributed by atoms with Crippen molar-refractivity contribution in [1.82, 2.24) is 9.55 Å². The Morgan fingerprint density at radius 2 is 2.35 bits per heavy atom. The van der Waals surface area contributed by atoms with Crippen LogP contribution in [-0.2, 0) is 4.74 Å². The minimum atomic E-state index is -0.537. The molecule has 7 nitrogen and oxygen atoms in total. The highest BCUT2D eigenvalue weighted by Gasteiger charge is 2.33. The Hall–Kier alpha value is -1.44. The standard InChI is InChI=1S/C10H15N3O4/c1-5-3-13(10(16)12-9(5)15)8-2-6(11)7(4-14)17-8/h3,6-8,14H,2,4,11H2,1H3,(H,12,15,16)/t6-,7+,8-/m0/s1. The summed E-state index contributed by atoms with van der Waals surface area (Å²) in [6.07, 6.45) is 0.860. The van der Waals surface area contributed by atoms with Gasteiger partial charge in [-0.05, 0) is 6.92 Å². The number of aromatic amines is 1. The number of nitrogens with zero attached hydrogens (tertiary/aromatic N) is 1. The number of hydrogen-bond donors (Lipinski definition) is 3. The quantitative estimate of drug-likeness (QED) is 0.580. The van der Waals surface area contributed by atoms with Gasteiger partial charge in [0.1, 0.15) is 6.23 Å². The Balaban J connectivity index is 2.34. The van der Waals surface area contributed by atoms with E-state index in [4.69, 9.17) is 15.6 Å². The Bertz CT molecular complexity index is 521. The van der Waals surface area contributed by atoms with E-state index in [-0.39, 0.29) is 12.6 Å². The van der Waals surface area contributed by atoms with Crippen LogP contribution >= 0.6 is 0 Å². The highest BCUT2D eigenvalue weighted by atomic mass is 16.5. The SMILES string of the molecule is Cc1cn([C@@H]2C[C@H](N)[C@@H](CO)O2)c(=O)[nH]c1=O. The van der Waals surface area contributed by atoms with Crippen LogP contribution in [0.3, 0.4) is 0 Å². The van der Waals surface area contributed by atoms with Crippen LogP contribution in [0.1, 0.15) is 18.2 Å². The molecule has 2 rings (SSSR count). The molecule has 0 unspecified atom stereocenters. The van der Waals surface area contributed by atoms with Crippen molar-refractivity contribution in [2.45, 2.75) is 31.7 Å². The van der Waals surface area contributed by atoms with Gasteiger partial charge in [-0.2, -0.15) is 0 Å². The van der Waals surface area contributed by atoms with Gasteiger partial charge in [0.2, 0.25) is 0 Å². The summed E-state index contributed by atoms with van der Waals surface area (Å²) in [7, 11) is 0. The van der Waals surface area contributed by atoms with Gasteiger partial charge < -0.3 is 15.6 Å². The number of nitrogens with one attached hydrogen (secondary N) is 1. The number of H-pyrrole nitrogens is 1. The molecule has 1 aromatic rings. The van der Waals surface area contributed by atoms with E-state index >= 15 is 0 Å². The lowest BCUT2D eigenvalue weighted by atomic mass is 10.1. The van der Waals surface area contributed by atoms with E-state index < -0.39 is 23.6 Å². The molecule has 1 aliphatic rings. The van der Waals surface area contributed by atoms with Gasteiger partial charge in [0.05, 0.1) is 12.7 Å². The zero-order valence-corrected chi connectivity index (χ0v) is 9.42. The Labute approximate surface area is 96.8 Å². The van der Waals surface area contributed by atoms with Crippen LogP contribution < -0.4 is 17.0 Å². The minimum Gasteiger partial charge on any atom is -0.394 e. The van der Waals surface area contributed by atoms with Crippen LogP contribution in [0, 0.1) is 6.92 Å². The monoisotopic (exact) mass is 241 g/mol. The number of aliphatic hydroxyl groups excluding tert-OH is 1. The summed E-state index contributed by atoms with van der Waals surface area (Å²) >= 11 is 0. The fourth-order valence-electron chi connectivity index (χ4n) is 1.90. The van der Waals surface area contributed by atoms with Crippen LogP contribution in [0.5, 0.6) is 0 Å². The van der Waals surface area contributed by atoms with Crippen molar-refractivity contribution < 1.29 is 9.84 Å². The molecule has 0 radical (unpaired) electrons. The normalized spacial score (nSPS) is 28.5. The highest BCUT2D eigenvalue weighted by Crippen LogP contribution is 2.25. The van der Waals surface area contributed by atoms with Gasteiger partial charge in [-0.25, -0.2) is 4.79 Å². The Kier molecular flexibility index (Phi) is 3.14. The molecule has 1 fully saturated rings. The van der Waals surface area contributed by atoms with Crippen molar-refractivity contribution in [3.05, 3.63) is 32.6 Å². The van der Waals surface area contributed by atoms with Gasteiger partial charge >= 0.3 is 5.69 Å². The van der Waals surface area contributed by atoms with Crippen LogP contribution in [-0.4, -0.2) is 33.4 Å². The summed E-state index contributed by atoms with van der Waals surface area (Å²) in [5, 5.41) is 9.02. The van der Waals surface area contributed by atoms with Crippen LogP contribution in [0.15, 0.2) is 15.8 Å². The second kappa shape index (κ2) is 4.44. The third-order valence-corrected chi connectivity index (χ3v) is 2.92. The average molecular weight is 241 g/mol. The zero-order valence-electron chi connectivity index (χ0n) is 9.42. The van der Waals surface area contributed by atoms with Crippen molar-refractivity contribution in [1.29, 1.82) is 0 Å². The molecule has 17 heavy (non-hydrogen) atoms. The fraction of sp³-hybridized carbons (Fsp3) is 0.600. The summed E-state index contributed by atoms with van der Waals surface area (Å²) in [4.78, 5) is 25.0. The average Bonchev–Trinajstić information content (AvgIpc) is 2.65. The van der Waals surface area contributed by atoms with Crippen molar-refractivity contribution in [2.24, 2.45) is 5.73 Å². The molecule has 1 aliphatic heterocycles. The molecule has 0 aliphatic carbocycles. The lowest BCUT2D eigenvalue weighted by molar-refractivity contribution is -0.0271. The molecule has 94 valence electrons. The number of rotatable bonds is 2. The molecule has 1 saturated heterocycles. The molecule has 3 atom stereocenters. The molecule has 0 amide bonds. The van der Waals surface area contributed by atoms with E-state index in [1.165, 1.54) is 10.8 Å². The summed E-state index contributed by atoms with van der Waals surface area (Å²) in [6, 6.07) is -0.316. The molecular weight excluding hydrogens is 226 g/mol. The highest BCUT2D eigenvalue weighted by molar-refractivity contribution is 5.02. The van der Waals surface area contributed by atoms with E-state index in [1.54, 1.807) is 6.92 Å². The van der Waals surface area contributed by atoms with Gasteiger partial charge in [-0.3, -0.25) is 14.3 Å². The molecule has 0 bridgehead atoms. The molecule has 2 heterocycles. The first kappa shape index (κ1) is 12.0. The summed E-state index contributed by atoms with van der Waals surface area (Å²) in [6.45, 7) is 1.42. The lowest BCUT2D eigenvalue weighted by Gasteiger charge is -2.14. The molecule has 0 saturated carbocycles. The second-order valence-corrected chi connectivity index (χ2v) is 4.19. The Morgan fingerprint density at radius 3 is 2.94 bits per heavy atom. The molecule has 0 spiro atoms. The van der Waals surface area contributed by atoms with Gasteiger partial charge in [-0.1, -0.05) is 0 Å². The number of aliphatic hydroxyl groups is 1. The fourth-order valence-corrected chi connectivity index (χ4v) is 1.90. The van der Waals surface area contributed by atoms with Crippen LogP contribution in [0.4, 0.5) is 0 Å². The van der Waals surface area contributed by atoms with Crippen molar-refractivity contribution in [2.75, 3.05) is 6.61 Å². The van der Waals surface area contributed by atoms with E-state index in [1.807, 2.05) is 0 Å². The smallest absolute Gasteiger partial charge is 0.330 e. The first-order chi connectivity index (χ1) is 8.02. The summed E-state index contributed by atoms with van der Waals surface area (Å²) in [5.41, 5.74) is 5.25.